The van der Waals surface area contributed by atoms with Crippen molar-refractivity contribution in [2.75, 3.05) is 6.54 Å². The van der Waals surface area contributed by atoms with Crippen LogP contribution in [0.5, 0.6) is 0 Å². The first-order valence-corrected chi connectivity index (χ1v) is 6.42. The number of aromatic nitrogens is 2. The van der Waals surface area contributed by atoms with Gasteiger partial charge in [-0.2, -0.15) is 18.3 Å². The highest BCUT2D eigenvalue weighted by Crippen LogP contribution is 2.29. The molecule has 0 unspecified atom stereocenters. The van der Waals surface area contributed by atoms with Crippen LogP contribution >= 0.6 is 11.6 Å². The predicted octanol–water partition coefficient (Wildman–Crippen LogP) is 3.65. The maximum atomic E-state index is 12.5. The first-order valence-electron chi connectivity index (χ1n) is 6.04. The molecule has 20 heavy (non-hydrogen) atoms. The Balaban J connectivity index is 2.27. The van der Waals surface area contributed by atoms with Gasteiger partial charge in [0.15, 0.2) is 5.69 Å². The Kier molecular flexibility index (Phi) is 4.35. The standard InChI is InChI=1S/C13H13ClF3N3/c1-2-18-8-9-3-4-11(10(14)7-9)20-6-5-12(19-20)13(15,16)17/h3-7,18H,2,8H2,1H3. The fourth-order valence-electron chi connectivity index (χ4n) is 1.72. The molecule has 3 nitrogen and oxygen atoms in total. The van der Waals surface area contributed by atoms with E-state index >= 15 is 0 Å². The quantitative estimate of drug-likeness (QED) is 0.934. The van der Waals surface area contributed by atoms with E-state index in [0.717, 1.165) is 22.9 Å². The molecule has 0 aliphatic carbocycles. The first-order chi connectivity index (χ1) is 9.41. The Morgan fingerprint density at radius 2 is 2.05 bits per heavy atom. The third-order valence-electron chi connectivity index (χ3n) is 2.72. The Morgan fingerprint density at radius 3 is 2.60 bits per heavy atom. The van der Waals surface area contributed by atoms with E-state index in [2.05, 4.69) is 10.4 Å². The van der Waals surface area contributed by atoms with E-state index in [1.54, 1.807) is 18.2 Å². The van der Waals surface area contributed by atoms with Crippen molar-refractivity contribution in [2.24, 2.45) is 0 Å². The molecule has 0 fully saturated rings. The molecule has 0 spiro atoms. The van der Waals surface area contributed by atoms with E-state index in [-0.39, 0.29) is 0 Å². The van der Waals surface area contributed by atoms with Crippen LogP contribution in [0.25, 0.3) is 5.69 Å². The minimum Gasteiger partial charge on any atom is -0.313 e. The van der Waals surface area contributed by atoms with E-state index in [9.17, 15) is 13.2 Å². The summed E-state index contributed by atoms with van der Waals surface area (Å²) in [5.74, 6) is 0. The van der Waals surface area contributed by atoms with Crippen LogP contribution in [0.3, 0.4) is 0 Å². The summed E-state index contributed by atoms with van der Waals surface area (Å²) in [5.41, 5.74) is 0.441. The van der Waals surface area contributed by atoms with E-state index in [0.29, 0.717) is 17.3 Å². The molecule has 0 radical (unpaired) electrons. The summed E-state index contributed by atoms with van der Waals surface area (Å²) in [6.45, 7) is 3.47. The third kappa shape index (κ3) is 3.32. The predicted molar refractivity (Wildman–Crippen MR) is 71.0 cm³/mol. The summed E-state index contributed by atoms with van der Waals surface area (Å²) in [5, 5.41) is 7.00. The second-order valence-electron chi connectivity index (χ2n) is 4.21. The number of hydrogen-bond acceptors (Lipinski definition) is 2. The lowest BCUT2D eigenvalue weighted by Gasteiger charge is -2.08. The molecule has 2 rings (SSSR count). The molecule has 0 aliphatic rings. The van der Waals surface area contributed by atoms with E-state index < -0.39 is 11.9 Å². The molecule has 0 bridgehead atoms. The molecule has 0 aliphatic heterocycles. The summed E-state index contributed by atoms with van der Waals surface area (Å²) in [4.78, 5) is 0. The van der Waals surface area contributed by atoms with Crippen LogP contribution < -0.4 is 5.32 Å². The zero-order chi connectivity index (χ0) is 14.8. The van der Waals surface area contributed by atoms with E-state index in [1.807, 2.05) is 6.92 Å². The van der Waals surface area contributed by atoms with Crippen molar-refractivity contribution in [1.29, 1.82) is 0 Å². The van der Waals surface area contributed by atoms with Gasteiger partial charge < -0.3 is 5.32 Å². The van der Waals surface area contributed by atoms with Crippen LogP contribution in [0.4, 0.5) is 13.2 Å². The number of nitrogens with zero attached hydrogens (tertiary/aromatic N) is 2. The van der Waals surface area contributed by atoms with Crippen molar-refractivity contribution in [3.63, 3.8) is 0 Å². The summed E-state index contributed by atoms with van der Waals surface area (Å²) < 4.78 is 38.6. The van der Waals surface area contributed by atoms with Gasteiger partial charge >= 0.3 is 6.18 Å². The van der Waals surface area contributed by atoms with Gasteiger partial charge in [0, 0.05) is 12.7 Å². The minimum absolute atomic E-state index is 0.359. The Morgan fingerprint density at radius 1 is 1.30 bits per heavy atom. The highest BCUT2D eigenvalue weighted by Gasteiger charge is 2.33. The van der Waals surface area contributed by atoms with Gasteiger partial charge in [0.1, 0.15) is 0 Å². The summed E-state index contributed by atoms with van der Waals surface area (Å²) in [7, 11) is 0. The third-order valence-corrected chi connectivity index (χ3v) is 3.02. The normalized spacial score (nSPS) is 11.8. The molecular formula is C13H13ClF3N3. The second kappa shape index (κ2) is 5.85. The number of alkyl halides is 3. The topological polar surface area (TPSA) is 29.9 Å². The molecular weight excluding hydrogens is 291 g/mol. The zero-order valence-corrected chi connectivity index (χ0v) is 11.5. The minimum atomic E-state index is -4.46. The van der Waals surface area contributed by atoms with Gasteiger partial charge in [-0.15, -0.1) is 0 Å². The van der Waals surface area contributed by atoms with E-state index in [1.165, 1.54) is 6.20 Å². The first kappa shape index (κ1) is 14.9. The number of nitrogens with one attached hydrogen (secondary N) is 1. The highest BCUT2D eigenvalue weighted by atomic mass is 35.5. The van der Waals surface area contributed by atoms with Gasteiger partial charge in [-0.05, 0) is 30.3 Å². The second-order valence-corrected chi connectivity index (χ2v) is 4.62. The fourth-order valence-corrected chi connectivity index (χ4v) is 2.01. The van der Waals surface area contributed by atoms with Gasteiger partial charge in [0.25, 0.3) is 0 Å². The largest absolute Gasteiger partial charge is 0.435 e. The Hall–Kier alpha value is -1.53. The molecule has 0 saturated carbocycles. The molecule has 7 heteroatoms. The summed E-state index contributed by atoms with van der Waals surface area (Å²) >= 11 is 6.10. The number of rotatable bonds is 4. The van der Waals surface area contributed by atoms with Crippen molar-refractivity contribution in [3.05, 3.63) is 46.7 Å². The molecule has 1 heterocycles. The molecule has 1 aromatic heterocycles. The maximum absolute atomic E-state index is 12.5. The van der Waals surface area contributed by atoms with Crippen molar-refractivity contribution in [1.82, 2.24) is 15.1 Å². The van der Waals surface area contributed by atoms with Crippen LogP contribution in [-0.4, -0.2) is 16.3 Å². The number of halogens is 4. The Bertz CT molecular complexity index is 593. The SMILES string of the molecule is CCNCc1ccc(-n2ccc(C(F)(F)F)n2)c(Cl)c1. The Labute approximate surface area is 119 Å². The van der Waals surface area contributed by atoms with Gasteiger partial charge in [0.2, 0.25) is 0 Å². The molecule has 0 saturated heterocycles. The summed E-state index contributed by atoms with van der Waals surface area (Å²) in [6.07, 6.45) is -3.21. The molecule has 1 N–H and O–H groups in total. The molecule has 0 amide bonds. The average molecular weight is 304 g/mol. The molecule has 1 aromatic carbocycles. The summed E-state index contributed by atoms with van der Waals surface area (Å²) in [6, 6.07) is 6.10. The number of hydrogen-bond donors (Lipinski definition) is 1. The van der Waals surface area contributed by atoms with Gasteiger partial charge in [-0.1, -0.05) is 24.6 Å². The lowest BCUT2D eigenvalue weighted by Crippen LogP contribution is -2.12. The maximum Gasteiger partial charge on any atom is 0.435 e. The monoisotopic (exact) mass is 303 g/mol. The van der Waals surface area contributed by atoms with Crippen LogP contribution in [0.2, 0.25) is 5.02 Å². The van der Waals surface area contributed by atoms with Crippen molar-refractivity contribution >= 4 is 11.6 Å². The van der Waals surface area contributed by atoms with Crippen LogP contribution in [0.1, 0.15) is 18.2 Å². The van der Waals surface area contributed by atoms with Crippen LogP contribution in [-0.2, 0) is 12.7 Å². The lowest BCUT2D eigenvalue weighted by molar-refractivity contribution is -0.141. The van der Waals surface area contributed by atoms with Crippen molar-refractivity contribution < 1.29 is 13.2 Å². The van der Waals surface area contributed by atoms with Crippen LogP contribution in [0, 0.1) is 0 Å². The van der Waals surface area contributed by atoms with Gasteiger partial charge in [0.05, 0.1) is 10.7 Å². The van der Waals surface area contributed by atoms with Gasteiger partial charge in [-0.3, -0.25) is 0 Å². The van der Waals surface area contributed by atoms with Crippen LogP contribution in [0.15, 0.2) is 30.5 Å². The molecule has 2 aromatic rings. The average Bonchev–Trinajstić information content (AvgIpc) is 2.85. The smallest absolute Gasteiger partial charge is 0.313 e. The van der Waals surface area contributed by atoms with Crippen molar-refractivity contribution in [3.8, 4) is 5.69 Å². The molecule has 0 atom stereocenters. The lowest BCUT2D eigenvalue weighted by atomic mass is 10.2. The molecule has 108 valence electrons. The highest BCUT2D eigenvalue weighted by molar-refractivity contribution is 6.32. The van der Waals surface area contributed by atoms with Gasteiger partial charge in [-0.25, -0.2) is 4.68 Å². The van der Waals surface area contributed by atoms with Crippen molar-refractivity contribution in [2.45, 2.75) is 19.6 Å². The fraction of sp³-hybridized carbons (Fsp3) is 0.308. The number of benzene rings is 1. The van der Waals surface area contributed by atoms with E-state index in [4.69, 9.17) is 11.6 Å². The zero-order valence-electron chi connectivity index (χ0n) is 10.7.